The third kappa shape index (κ3) is 5.89. The van der Waals surface area contributed by atoms with Crippen molar-refractivity contribution in [3.63, 3.8) is 0 Å². The van der Waals surface area contributed by atoms with Crippen molar-refractivity contribution in [1.82, 2.24) is 9.99 Å². The molecule has 306 valence electrons. The van der Waals surface area contributed by atoms with Crippen molar-refractivity contribution in [3.8, 4) is 23.0 Å². The molecule has 2 aliphatic heterocycles. The molecule has 3 heterocycles. The van der Waals surface area contributed by atoms with Crippen LogP contribution in [0.3, 0.4) is 0 Å². The van der Waals surface area contributed by atoms with Gasteiger partial charge in [0.15, 0.2) is 17.1 Å². The molecule has 15 heteroatoms. The highest BCUT2D eigenvalue weighted by molar-refractivity contribution is 9.13. The number of carbonyl (C=O) groups excluding carboxylic acids is 4. The molecule has 11 nitrogen and oxygen atoms in total. The van der Waals surface area contributed by atoms with E-state index >= 15 is 9.59 Å². The van der Waals surface area contributed by atoms with Gasteiger partial charge in [-0.15, -0.1) is 0 Å². The van der Waals surface area contributed by atoms with Crippen molar-refractivity contribution in [3.05, 3.63) is 146 Å². The van der Waals surface area contributed by atoms with Gasteiger partial charge in [-0.05, 0) is 141 Å². The third-order valence-corrected chi connectivity index (χ3v) is 15.0. The highest BCUT2D eigenvalue weighted by atomic mass is 79.9. The first-order valence-corrected chi connectivity index (χ1v) is 21.3. The van der Waals surface area contributed by atoms with E-state index in [1.54, 1.807) is 54.6 Å². The van der Waals surface area contributed by atoms with Crippen LogP contribution in [0.5, 0.6) is 11.5 Å². The van der Waals surface area contributed by atoms with Crippen LogP contribution in [0.2, 0.25) is 5.02 Å². The number of phenolic OH excluding ortho intramolecular Hbond substituents is 1. The van der Waals surface area contributed by atoms with Gasteiger partial charge in [0.1, 0.15) is 11.3 Å². The highest BCUT2D eigenvalue weighted by Crippen LogP contribution is 2.66. The summed E-state index contributed by atoms with van der Waals surface area (Å²) in [6.45, 7) is 0. The molecule has 6 atom stereocenters. The lowest BCUT2D eigenvalue weighted by Gasteiger charge is -2.51. The lowest BCUT2D eigenvalue weighted by molar-refractivity contribution is -0.138. The molecule has 2 N–H and O–H groups in total. The third-order valence-electron chi connectivity index (χ3n) is 12.6. The number of imide groups is 2. The van der Waals surface area contributed by atoms with Crippen molar-refractivity contribution in [2.45, 2.75) is 24.2 Å². The average Bonchev–Trinajstić information content (AvgIpc) is 3.88. The number of rotatable bonds is 7. The maximum atomic E-state index is 15.5. The first kappa shape index (κ1) is 39.3. The number of allylic oxidation sites excluding steroid dienone is 2. The van der Waals surface area contributed by atoms with Gasteiger partial charge in [0, 0.05) is 21.0 Å². The summed E-state index contributed by atoms with van der Waals surface area (Å²) < 4.78 is 26.2. The van der Waals surface area contributed by atoms with E-state index < -0.39 is 58.5 Å². The van der Waals surface area contributed by atoms with Crippen molar-refractivity contribution < 1.29 is 37.8 Å². The predicted molar refractivity (Wildman–Crippen MR) is 231 cm³/mol. The van der Waals surface area contributed by atoms with Gasteiger partial charge in [0.05, 0.1) is 46.1 Å². The molecule has 2 saturated heterocycles. The number of aromatic nitrogens is 1. The molecular formula is C46H32Br2ClFN4O7. The number of oxazole rings is 1. The summed E-state index contributed by atoms with van der Waals surface area (Å²) in [5, 5.41) is 12.5. The number of hydrogen-bond acceptors (Lipinski definition) is 9. The molecule has 61 heavy (non-hydrogen) atoms. The SMILES string of the molecule is COc1cc([C@H]2C3=CC[C@@H]4C(=O)N(c5ccc(-c6nc7ccccc7o6)cc5)C(=O)[C@@H]4[C@@H]3C[C@H]3C(=O)N(Nc4ccc(F)cc4)C(=O)[C@@]23c2ccc(Cl)cc2)c(Br)c(Br)c1O. The first-order chi connectivity index (χ1) is 29.4. The standard InChI is InChI=1S/C46H32Br2ClFN4O7/c1-60-35-21-31(38(47)39(48)40(35)55)37-28-18-19-29-36(44(58)53(42(29)56)27-16-6-22(7-17-27)41-51-33-4-2-3-5-34(33)61-41)30(28)20-32-43(57)54(52-26-14-12-25(50)13-15-26)45(59)46(32,37)23-8-10-24(49)11-9-23/h2-18,21,29-30,32,36-37,52,55H,19-20H2,1H3/t29-,30+,32-,36-,37+,46+/m0/s1. The minimum atomic E-state index is -1.65. The zero-order chi connectivity index (χ0) is 42.5. The Labute approximate surface area is 369 Å². The van der Waals surface area contributed by atoms with Crippen LogP contribution >= 0.6 is 43.5 Å². The molecule has 3 fully saturated rings. The van der Waals surface area contributed by atoms with Gasteiger partial charge in [-0.25, -0.2) is 9.37 Å². The Kier molecular flexibility index (Phi) is 9.46. The summed E-state index contributed by atoms with van der Waals surface area (Å²) >= 11 is 13.6. The van der Waals surface area contributed by atoms with Gasteiger partial charge < -0.3 is 14.3 Å². The fraction of sp³-hybridized carbons (Fsp3) is 0.196. The number of nitrogens with zero attached hydrogens (tertiary/aromatic N) is 3. The van der Waals surface area contributed by atoms with Crippen LogP contribution in [0.15, 0.2) is 128 Å². The largest absolute Gasteiger partial charge is 0.503 e. The van der Waals surface area contributed by atoms with Gasteiger partial charge >= 0.3 is 0 Å². The number of hydrazine groups is 1. The van der Waals surface area contributed by atoms with Crippen LogP contribution in [0.4, 0.5) is 15.8 Å². The van der Waals surface area contributed by atoms with E-state index in [4.69, 9.17) is 20.8 Å². The maximum Gasteiger partial charge on any atom is 0.260 e. The Balaban J connectivity index is 1.11. The molecule has 10 rings (SSSR count). The molecule has 0 radical (unpaired) electrons. The lowest BCUT2D eigenvalue weighted by atomic mass is 9.49. The summed E-state index contributed by atoms with van der Waals surface area (Å²) in [6, 6.07) is 27.9. The van der Waals surface area contributed by atoms with Crippen LogP contribution < -0.4 is 15.1 Å². The van der Waals surface area contributed by atoms with Crippen LogP contribution in [0.25, 0.3) is 22.6 Å². The van der Waals surface area contributed by atoms with Crippen LogP contribution in [-0.4, -0.2) is 45.8 Å². The Morgan fingerprint density at radius 2 is 1.62 bits per heavy atom. The van der Waals surface area contributed by atoms with E-state index in [0.717, 1.165) is 5.01 Å². The number of anilines is 2. The van der Waals surface area contributed by atoms with Crippen molar-refractivity contribution >= 4 is 89.6 Å². The fourth-order valence-electron chi connectivity index (χ4n) is 9.98. The van der Waals surface area contributed by atoms with Gasteiger partial charge in [-0.1, -0.05) is 47.5 Å². The number of aromatic hydroxyl groups is 1. The summed E-state index contributed by atoms with van der Waals surface area (Å²) in [5.41, 5.74) is 5.63. The second kappa shape index (κ2) is 14.7. The van der Waals surface area contributed by atoms with E-state index in [9.17, 15) is 19.1 Å². The number of ether oxygens (including phenoxy) is 1. The minimum Gasteiger partial charge on any atom is -0.503 e. The maximum absolute atomic E-state index is 15.5. The zero-order valence-corrected chi connectivity index (χ0v) is 35.9. The van der Waals surface area contributed by atoms with Crippen molar-refractivity contribution in [1.29, 1.82) is 0 Å². The second-order valence-corrected chi connectivity index (χ2v) is 17.6. The second-order valence-electron chi connectivity index (χ2n) is 15.6. The Morgan fingerprint density at radius 3 is 2.33 bits per heavy atom. The number of methoxy groups -OCH3 is 1. The quantitative estimate of drug-likeness (QED) is 0.118. The molecule has 4 amide bonds. The monoisotopic (exact) mass is 964 g/mol. The molecule has 6 aromatic rings. The van der Waals surface area contributed by atoms with Crippen molar-refractivity contribution in [2.24, 2.45) is 23.7 Å². The molecule has 0 bridgehead atoms. The number of benzene rings is 5. The van der Waals surface area contributed by atoms with E-state index in [1.807, 2.05) is 30.3 Å². The highest BCUT2D eigenvalue weighted by Gasteiger charge is 2.70. The Bertz CT molecular complexity index is 2840. The summed E-state index contributed by atoms with van der Waals surface area (Å²) in [6.07, 6.45) is 2.16. The molecule has 1 aromatic heterocycles. The van der Waals surface area contributed by atoms with Gasteiger partial charge in [0.25, 0.3) is 11.8 Å². The molecule has 0 unspecified atom stereocenters. The first-order valence-electron chi connectivity index (χ1n) is 19.4. The fourth-order valence-corrected chi connectivity index (χ4v) is 11.1. The number of para-hydroxylation sites is 2. The molecule has 0 spiro atoms. The van der Waals surface area contributed by atoms with Crippen LogP contribution in [-0.2, 0) is 24.6 Å². The summed E-state index contributed by atoms with van der Waals surface area (Å²) in [5.74, 6) is -6.48. The molecule has 2 aliphatic carbocycles. The topological polar surface area (TPSA) is 142 Å². The van der Waals surface area contributed by atoms with Gasteiger partial charge in [-0.3, -0.25) is 29.5 Å². The summed E-state index contributed by atoms with van der Waals surface area (Å²) in [7, 11) is 1.40. The van der Waals surface area contributed by atoms with E-state index in [0.29, 0.717) is 60.1 Å². The zero-order valence-electron chi connectivity index (χ0n) is 31.9. The normalized spacial score (nSPS) is 24.5. The van der Waals surface area contributed by atoms with E-state index in [1.165, 1.54) is 36.3 Å². The Hall–Kier alpha value is -5.83. The number of fused-ring (bicyclic) bond motifs is 5. The smallest absolute Gasteiger partial charge is 0.260 e. The predicted octanol–water partition coefficient (Wildman–Crippen LogP) is 9.72. The van der Waals surface area contributed by atoms with Crippen LogP contribution in [0, 0.1) is 29.5 Å². The van der Waals surface area contributed by atoms with Gasteiger partial charge in [0.2, 0.25) is 17.7 Å². The molecule has 1 saturated carbocycles. The van der Waals surface area contributed by atoms with Crippen molar-refractivity contribution in [2.75, 3.05) is 17.4 Å². The number of phenols is 1. The van der Waals surface area contributed by atoms with Gasteiger partial charge in [-0.2, -0.15) is 5.01 Å². The Morgan fingerprint density at radius 1 is 0.902 bits per heavy atom. The average molecular weight is 967 g/mol. The van der Waals surface area contributed by atoms with E-state index in [2.05, 4.69) is 42.3 Å². The molecule has 4 aliphatic rings. The number of carbonyl (C=O) groups is 4. The van der Waals surface area contributed by atoms with Crippen LogP contribution in [0.1, 0.15) is 29.9 Å². The summed E-state index contributed by atoms with van der Waals surface area (Å²) in [4.78, 5) is 65.7. The molecular weight excluding hydrogens is 935 g/mol. The number of amides is 4. The number of hydrogen-bond donors (Lipinski definition) is 2. The van der Waals surface area contributed by atoms with E-state index in [-0.39, 0.29) is 34.7 Å². The molecule has 5 aromatic carbocycles. The minimum absolute atomic E-state index is 0.0375. The number of nitrogens with one attached hydrogen (secondary N) is 1. The number of halogens is 4. The lowest BCUT2D eigenvalue weighted by Crippen LogP contribution is -2.53.